The number of hydrogen-bond acceptors (Lipinski definition) is 3. The fourth-order valence-electron chi connectivity index (χ4n) is 2.23. The van der Waals surface area contributed by atoms with Crippen LogP contribution >= 0.6 is 11.8 Å². The lowest BCUT2D eigenvalue weighted by atomic mass is 10.1. The SMILES string of the molecule is CSc1ccc(CCNCC2CCCN2)cc1. The highest BCUT2D eigenvalue weighted by Gasteiger charge is 2.12. The van der Waals surface area contributed by atoms with Crippen LogP contribution in [0.3, 0.4) is 0 Å². The summed E-state index contributed by atoms with van der Waals surface area (Å²) in [6, 6.07) is 9.59. The Labute approximate surface area is 109 Å². The third-order valence-corrected chi connectivity index (χ3v) is 4.05. The highest BCUT2D eigenvalue weighted by molar-refractivity contribution is 7.98. The summed E-state index contributed by atoms with van der Waals surface area (Å²) in [7, 11) is 0. The summed E-state index contributed by atoms with van der Waals surface area (Å²) >= 11 is 1.80. The molecule has 0 radical (unpaired) electrons. The molecule has 1 atom stereocenters. The van der Waals surface area contributed by atoms with Gasteiger partial charge in [-0.25, -0.2) is 0 Å². The maximum absolute atomic E-state index is 3.54. The zero-order valence-electron chi connectivity index (χ0n) is 10.5. The van der Waals surface area contributed by atoms with Gasteiger partial charge in [-0.1, -0.05) is 12.1 Å². The molecule has 1 fully saturated rings. The Balaban J connectivity index is 1.63. The molecule has 1 aliphatic rings. The summed E-state index contributed by atoms with van der Waals surface area (Å²) in [5.74, 6) is 0. The Kier molecular flexibility index (Phi) is 5.36. The number of nitrogens with one attached hydrogen (secondary N) is 2. The summed E-state index contributed by atoms with van der Waals surface area (Å²) in [6.07, 6.45) is 5.91. The Morgan fingerprint density at radius 3 is 2.82 bits per heavy atom. The molecule has 2 nitrogen and oxygen atoms in total. The summed E-state index contributed by atoms with van der Waals surface area (Å²) < 4.78 is 0. The molecule has 0 bridgehead atoms. The van der Waals surface area contributed by atoms with Gasteiger partial charge in [-0.05, 0) is 56.3 Å². The van der Waals surface area contributed by atoms with Crippen molar-refractivity contribution in [3.05, 3.63) is 29.8 Å². The number of thioether (sulfide) groups is 1. The van der Waals surface area contributed by atoms with Gasteiger partial charge in [0.25, 0.3) is 0 Å². The third-order valence-electron chi connectivity index (χ3n) is 3.30. The Morgan fingerprint density at radius 1 is 1.35 bits per heavy atom. The van der Waals surface area contributed by atoms with Gasteiger partial charge in [0.15, 0.2) is 0 Å². The zero-order chi connectivity index (χ0) is 11.9. The Bertz CT molecular complexity index is 317. The van der Waals surface area contributed by atoms with Gasteiger partial charge in [-0.2, -0.15) is 0 Å². The van der Waals surface area contributed by atoms with E-state index in [4.69, 9.17) is 0 Å². The van der Waals surface area contributed by atoms with Crippen molar-refractivity contribution >= 4 is 11.8 Å². The van der Waals surface area contributed by atoms with Gasteiger partial charge in [-0.15, -0.1) is 11.8 Å². The van der Waals surface area contributed by atoms with Gasteiger partial charge in [0, 0.05) is 17.5 Å². The van der Waals surface area contributed by atoms with Gasteiger partial charge >= 0.3 is 0 Å². The standard InChI is InChI=1S/C14H22N2S/c1-17-14-6-4-12(5-7-14)8-10-15-11-13-3-2-9-16-13/h4-7,13,15-16H,2-3,8-11H2,1H3. The van der Waals surface area contributed by atoms with Crippen LogP contribution in [0, 0.1) is 0 Å². The van der Waals surface area contributed by atoms with Gasteiger partial charge in [0.2, 0.25) is 0 Å². The topological polar surface area (TPSA) is 24.1 Å². The lowest BCUT2D eigenvalue weighted by Gasteiger charge is -2.11. The van der Waals surface area contributed by atoms with E-state index >= 15 is 0 Å². The molecular weight excluding hydrogens is 228 g/mol. The van der Waals surface area contributed by atoms with Crippen LogP contribution in [0.25, 0.3) is 0 Å². The molecule has 0 spiro atoms. The average molecular weight is 250 g/mol. The largest absolute Gasteiger partial charge is 0.315 e. The van der Waals surface area contributed by atoms with Gasteiger partial charge < -0.3 is 10.6 Å². The minimum absolute atomic E-state index is 0.703. The molecule has 1 saturated heterocycles. The highest BCUT2D eigenvalue weighted by atomic mass is 32.2. The lowest BCUT2D eigenvalue weighted by Crippen LogP contribution is -2.34. The fraction of sp³-hybridized carbons (Fsp3) is 0.571. The van der Waals surface area contributed by atoms with Crippen molar-refractivity contribution in [3.8, 4) is 0 Å². The first kappa shape index (κ1) is 12.9. The summed E-state index contributed by atoms with van der Waals surface area (Å²) in [5, 5.41) is 7.04. The van der Waals surface area contributed by atoms with E-state index in [9.17, 15) is 0 Å². The minimum Gasteiger partial charge on any atom is -0.315 e. The van der Waals surface area contributed by atoms with E-state index in [2.05, 4.69) is 41.2 Å². The smallest absolute Gasteiger partial charge is 0.0192 e. The second kappa shape index (κ2) is 7.04. The van der Waals surface area contributed by atoms with Crippen LogP contribution in [0.2, 0.25) is 0 Å². The van der Waals surface area contributed by atoms with Crippen LogP contribution in [0.15, 0.2) is 29.2 Å². The van der Waals surface area contributed by atoms with Crippen LogP contribution in [0.4, 0.5) is 0 Å². The molecule has 0 aromatic heterocycles. The molecule has 0 aliphatic carbocycles. The van der Waals surface area contributed by atoms with E-state index in [-0.39, 0.29) is 0 Å². The number of benzene rings is 1. The molecule has 1 aliphatic heterocycles. The molecule has 94 valence electrons. The lowest BCUT2D eigenvalue weighted by molar-refractivity contribution is 0.537. The van der Waals surface area contributed by atoms with Crippen LogP contribution < -0.4 is 10.6 Å². The highest BCUT2D eigenvalue weighted by Crippen LogP contribution is 2.14. The molecule has 2 rings (SSSR count). The fourth-order valence-corrected chi connectivity index (χ4v) is 2.64. The first-order valence-corrected chi connectivity index (χ1v) is 7.68. The first-order valence-electron chi connectivity index (χ1n) is 6.45. The zero-order valence-corrected chi connectivity index (χ0v) is 11.4. The molecule has 0 saturated carbocycles. The molecule has 1 aromatic rings. The first-order chi connectivity index (χ1) is 8.38. The summed E-state index contributed by atoms with van der Waals surface area (Å²) in [6.45, 7) is 3.39. The van der Waals surface area contributed by atoms with Crippen molar-refractivity contribution in [1.82, 2.24) is 10.6 Å². The van der Waals surface area contributed by atoms with Crippen molar-refractivity contribution in [3.63, 3.8) is 0 Å². The van der Waals surface area contributed by atoms with E-state index in [1.165, 1.54) is 29.8 Å². The van der Waals surface area contributed by atoms with E-state index < -0.39 is 0 Å². The van der Waals surface area contributed by atoms with Crippen LogP contribution in [0.5, 0.6) is 0 Å². The second-order valence-electron chi connectivity index (χ2n) is 4.60. The maximum Gasteiger partial charge on any atom is 0.0192 e. The average Bonchev–Trinajstić information content (AvgIpc) is 2.88. The quantitative estimate of drug-likeness (QED) is 0.598. The molecule has 2 N–H and O–H groups in total. The van der Waals surface area contributed by atoms with Crippen molar-refractivity contribution in [2.45, 2.75) is 30.2 Å². The number of rotatable bonds is 6. The molecule has 3 heteroatoms. The molecule has 1 unspecified atom stereocenters. The van der Waals surface area contributed by atoms with E-state index in [1.807, 2.05) is 0 Å². The monoisotopic (exact) mass is 250 g/mol. The van der Waals surface area contributed by atoms with E-state index in [0.29, 0.717) is 6.04 Å². The van der Waals surface area contributed by atoms with Crippen molar-refractivity contribution < 1.29 is 0 Å². The molecular formula is C14H22N2S. The number of hydrogen-bond donors (Lipinski definition) is 2. The van der Waals surface area contributed by atoms with Crippen LogP contribution in [0.1, 0.15) is 18.4 Å². The predicted molar refractivity (Wildman–Crippen MR) is 75.8 cm³/mol. The Hall–Kier alpha value is -0.510. The third kappa shape index (κ3) is 4.34. The molecule has 0 amide bonds. The normalized spacial score (nSPS) is 19.7. The summed E-state index contributed by atoms with van der Waals surface area (Å²) in [4.78, 5) is 1.34. The predicted octanol–water partition coefficient (Wildman–Crippen LogP) is 2.29. The second-order valence-corrected chi connectivity index (χ2v) is 5.48. The minimum atomic E-state index is 0.703. The van der Waals surface area contributed by atoms with E-state index in [1.54, 1.807) is 11.8 Å². The van der Waals surface area contributed by atoms with Gasteiger partial charge in [0.05, 0.1) is 0 Å². The van der Waals surface area contributed by atoms with Crippen molar-refractivity contribution in [1.29, 1.82) is 0 Å². The summed E-state index contributed by atoms with van der Waals surface area (Å²) in [5.41, 5.74) is 1.43. The van der Waals surface area contributed by atoms with Gasteiger partial charge in [0.1, 0.15) is 0 Å². The van der Waals surface area contributed by atoms with Crippen LogP contribution in [-0.2, 0) is 6.42 Å². The van der Waals surface area contributed by atoms with Gasteiger partial charge in [-0.3, -0.25) is 0 Å². The molecule has 17 heavy (non-hydrogen) atoms. The molecule has 1 aromatic carbocycles. The Morgan fingerprint density at radius 2 is 2.18 bits per heavy atom. The van der Waals surface area contributed by atoms with Crippen molar-refractivity contribution in [2.24, 2.45) is 0 Å². The maximum atomic E-state index is 3.54. The van der Waals surface area contributed by atoms with Crippen molar-refractivity contribution in [2.75, 3.05) is 25.9 Å². The van der Waals surface area contributed by atoms with E-state index in [0.717, 1.165) is 19.5 Å². The molecule has 1 heterocycles. The van der Waals surface area contributed by atoms with Crippen LogP contribution in [-0.4, -0.2) is 31.9 Å².